The van der Waals surface area contributed by atoms with Gasteiger partial charge in [-0.2, -0.15) is 0 Å². The number of rotatable bonds is 6. The van der Waals surface area contributed by atoms with Gasteiger partial charge in [0.1, 0.15) is 5.75 Å². The summed E-state index contributed by atoms with van der Waals surface area (Å²) >= 11 is 0. The maximum Gasteiger partial charge on any atom is 0.206 e. The molecule has 0 amide bonds. The molecule has 0 aliphatic heterocycles. The highest BCUT2D eigenvalue weighted by Crippen LogP contribution is 2.12. The summed E-state index contributed by atoms with van der Waals surface area (Å²) in [5, 5.41) is 3.15. The number of hydrazine groups is 1. The molecule has 0 unspecified atom stereocenters. The molecule has 5 nitrogen and oxygen atoms in total. The molecule has 0 aliphatic carbocycles. The molecule has 18 heavy (non-hydrogen) atoms. The number of methoxy groups -OCH3 is 1. The topological polar surface area (TPSA) is 71.7 Å². The van der Waals surface area contributed by atoms with E-state index in [-0.39, 0.29) is 0 Å². The van der Waals surface area contributed by atoms with Gasteiger partial charge in [-0.05, 0) is 24.1 Å². The molecule has 0 heterocycles. The van der Waals surface area contributed by atoms with Crippen molar-refractivity contribution in [2.45, 2.75) is 26.3 Å². The largest absolute Gasteiger partial charge is 0.497 e. The molecule has 0 spiro atoms. The molecule has 100 valence electrons. The maximum atomic E-state index is 5.41. The number of unbranched alkanes of at least 4 members (excludes halogenated alkanes) is 1. The predicted molar refractivity (Wildman–Crippen MR) is 74.4 cm³/mol. The van der Waals surface area contributed by atoms with E-state index in [9.17, 15) is 0 Å². The summed E-state index contributed by atoms with van der Waals surface area (Å²) in [5.41, 5.74) is 3.65. The second kappa shape index (κ2) is 8.36. The average molecular weight is 250 g/mol. The van der Waals surface area contributed by atoms with Crippen LogP contribution in [0.3, 0.4) is 0 Å². The number of guanidine groups is 1. The fourth-order valence-corrected chi connectivity index (χ4v) is 1.48. The summed E-state index contributed by atoms with van der Waals surface area (Å²) in [4.78, 5) is 4.37. The Balaban J connectivity index is 2.53. The molecule has 4 N–H and O–H groups in total. The number of nitrogens with one attached hydrogen (secondary N) is 2. The second-order valence-electron chi connectivity index (χ2n) is 3.94. The van der Waals surface area contributed by atoms with Gasteiger partial charge in [0.05, 0.1) is 13.7 Å². The fraction of sp³-hybridized carbons (Fsp3) is 0.462. The van der Waals surface area contributed by atoms with Crippen molar-refractivity contribution in [2.75, 3.05) is 13.7 Å². The van der Waals surface area contributed by atoms with Gasteiger partial charge in [0.2, 0.25) is 5.96 Å². The van der Waals surface area contributed by atoms with Crippen LogP contribution in [0.4, 0.5) is 0 Å². The molecule has 0 fully saturated rings. The van der Waals surface area contributed by atoms with Gasteiger partial charge in [-0.1, -0.05) is 25.5 Å². The number of ether oxygens (including phenoxy) is 1. The van der Waals surface area contributed by atoms with Crippen molar-refractivity contribution < 1.29 is 4.74 Å². The standard InChI is InChI=1S/C13H22N4O/c1-3-4-8-15-13(17-14)16-10-11-6-5-7-12(9-11)18-2/h5-7,9H,3-4,8,10,14H2,1-2H3,(H2,15,16,17). The summed E-state index contributed by atoms with van der Waals surface area (Å²) in [6.45, 7) is 3.58. The zero-order valence-electron chi connectivity index (χ0n) is 11.1. The second-order valence-corrected chi connectivity index (χ2v) is 3.94. The lowest BCUT2D eigenvalue weighted by Crippen LogP contribution is -2.41. The zero-order valence-corrected chi connectivity index (χ0v) is 11.1. The number of nitrogens with zero attached hydrogens (tertiary/aromatic N) is 1. The van der Waals surface area contributed by atoms with E-state index < -0.39 is 0 Å². The molecular weight excluding hydrogens is 228 g/mol. The molecule has 1 aromatic rings. The third-order valence-electron chi connectivity index (χ3n) is 2.51. The predicted octanol–water partition coefficient (Wildman–Crippen LogP) is 1.40. The normalized spacial score (nSPS) is 11.2. The molecular formula is C13H22N4O. The van der Waals surface area contributed by atoms with Crippen molar-refractivity contribution in [3.05, 3.63) is 29.8 Å². The van der Waals surface area contributed by atoms with Crippen LogP contribution >= 0.6 is 0 Å². The van der Waals surface area contributed by atoms with Gasteiger partial charge < -0.3 is 10.1 Å². The third-order valence-corrected chi connectivity index (χ3v) is 2.51. The van der Waals surface area contributed by atoms with Gasteiger partial charge >= 0.3 is 0 Å². The average Bonchev–Trinajstić information content (AvgIpc) is 2.43. The summed E-state index contributed by atoms with van der Waals surface area (Å²) < 4.78 is 5.16. The Kier molecular flexibility index (Phi) is 6.64. The van der Waals surface area contributed by atoms with E-state index in [1.807, 2.05) is 24.3 Å². The first-order valence-electron chi connectivity index (χ1n) is 6.18. The summed E-state index contributed by atoms with van der Waals surface area (Å²) in [5.74, 6) is 6.86. The first-order chi connectivity index (χ1) is 8.80. The van der Waals surface area contributed by atoms with Crippen LogP contribution in [0.2, 0.25) is 0 Å². The highest BCUT2D eigenvalue weighted by atomic mass is 16.5. The lowest BCUT2D eigenvalue weighted by Gasteiger charge is -2.08. The fourth-order valence-electron chi connectivity index (χ4n) is 1.48. The molecule has 0 bridgehead atoms. The van der Waals surface area contributed by atoms with Crippen LogP contribution in [-0.2, 0) is 6.54 Å². The van der Waals surface area contributed by atoms with Gasteiger partial charge in [0, 0.05) is 6.54 Å². The summed E-state index contributed by atoms with van der Waals surface area (Å²) in [6.07, 6.45) is 2.24. The minimum atomic E-state index is 0.565. The summed E-state index contributed by atoms with van der Waals surface area (Å²) in [6, 6.07) is 7.83. The van der Waals surface area contributed by atoms with Crippen LogP contribution in [0.25, 0.3) is 0 Å². The lowest BCUT2D eigenvalue weighted by atomic mass is 10.2. The number of hydrogen-bond donors (Lipinski definition) is 3. The van der Waals surface area contributed by atoms with E-state index in [1.165, 1.54) is 0 Å². The Bertz CT molecular complexity index is 379. The Morgan fingerprint density at radius 1 is 1.44 bits per heavy atom. The zero-order chi connectivity index (χ0) is 13.2. The van der Waals surface area contributed by atoms with Crippen LogP contribution in [0.5, 0.6) is 5.75 Å². The quantitative estimate of drug-likeness (QED) is 0.235. The van der Waals surface area contributed by atoms with E-state index >= 15 is 0 Å². The molecule has 5 heteroatoms. The Hall–Kier alpha value is -1.75. The Labute approximate surface area is 108 Å². The molecule has 1 aromatic carbocycles. The van der Waals surface area contributed by atoms with Crippen molar-refractivity contribution in [1.82, 2.24) is 10.7 Å². The van der Waals surface area contributed by atoms with Crippen LogP contribution in [0.1, 0.15) is 25.3 Å². The minimum Gasteiger partial charge on any atom is -0.497 e. The van der Waals surface area contributed by atoms with E-state index in [2.05, 4.69) is 22.7 Å². The highest BCUT2D eigenvalue weighted by Gasteiger charge is 1.97. The first kappa shape index (κ1) is 14.3. The molecule has 1 rings (SSSR count). The van der Waals surface area contributed by atoms with Crippen LogP contribution in [0, 0.1) is 0 Å². The van der Waals surface area contributed by atoms with E-state index in [1.54, 1.807) is 7.11 Å². The smallest absolute Gasteiger partial charge is 0.206 e. The SMILES string of the molecule is CCCCNC(=NCc1cccc(OC)c1)NN. The monoisotopic (exact) mass is 250 g/mol. The maximum absolute atomic E-state index is 5.41. The van der Waals surface area contributed by atoms with Gasteiger partial charge in [-0.15, -0.1) is 0 Å². The van der Waals surface area contributed by atoms with Crippen molar-refractivity contribution >= 4 is 5.96 Å². The van der Waals surface area contributed by atoms with Gasteiger partial charge in [-0.3, -0.25) is 5.43 Å². The van der Waals surface area contributed by atoms with Crippen LogP contribution in [0.15, 0.2) is 29.3 Å². The van der Waals surface area contributed by atoms with Gasteiger partial charge in [0.25, 0.3) is 0 Å². The van der Waals surface area contributed by atoms with Crippen molar-refractivity contribution in [1.29, 1.82) is 0 Å². The van der Waals surface area contributed by atoms with E-state index in [4.69, 9.17) is 10.6 Å². The number of hydrogen-bond acceptors (Lipinski definition) is 3. The molecule has 0 aromatic heterocycles. The lowest BCUT2D eigenvalue weighted by molar-refractivity contribution is 0.414. The molecule has 0 aliphatic rings. The number of benzene rings is 1. The van der Waals surface area contributed by atoms with E-state index in [0.717, 1.165) is 30.7 Å². The third kappa shape index (κ3) is 5.05. The Morgan fingerprint density at radius 3 is 2.94 bits per heavy atom. The molecule has 0 atom stereocenters. The Morgan fingerprint density at radius 2 is 2.28 bits per heavy atom. The van der Waals surface area contributed by atoms with Gasteiger partial charge in [-0.25, -0.2) is 10.8 Å². The summed E-state index contributed by atoms with van der Waals surface area (Å²) in [7, 11) is 1.65. The first-order valence-corrected chi connectivity index (χ1v) is 6.18. The van der Waals surface area contributed by atoms with Crippen molar-refractivity contribution in [3.63, 3.8) is 0 Å². The minimum absolute atomic E-state index is 0.565. The van der Waals surface area contributed by atoms with Crippen LogP contribution < -0.4 is 21.3 Å². The van der Waals surface area contributed by atoms with Crippen molar-refractivity contribution in [3.8, 4) is 5.75 Å². The van der Waals surface area contributed by atoms with Crippen LogP contribution in [-0.4, -0.2) is 19.6 Å². The van der Waals surface area contributed by atoms with Gasteiger partial charge in [0.15, 0.2) is 0 Å². The van der Waals surface area contributed by atoms with E-state index in [0.29, 0.717) is 12.5 Å². The highest BCUT2D eigenvalue weighted by molar-refractivity contribution is 5.79. The van der Waals surface area contributed by atoms with Crippen molar-refractivity contribution in [2.24, 2.45) is 10.8 Å². The molecule has 0 radical (unpaired) electrons. The number of nitrogens with two attached hydrogens (primary N) is 1. The molecule has 0 saturated carbocycles. The number of aliphatic imine (C=N–C) groups is 1. The molecule has 0 saturated heterocycles.